The van der Waals surface area contributed by atoms with Gasteiger partial charge in [-0.1, -0.05) is 32.0 Å². The molecular weight excluding hydrogens is 242 g/mol. The van der Waals surface area contributed by atoms with Gasteiger partial charge in [0.2, 0.25) is 0 Å². The molecule has 1 aromatic carbocycles. The van der Waals surface area contributed by atoms with Crippen LogP contribution in [0.15, 0.2) is 24.3 Å². The van der Waals surface area contributed by atoms with Crippen LogP contribution in [-0.4, -0.2) is 37.4 Å². The predicted octanol–water partition coefficient (Wildman–Crippen LogP) is 2.19. The first-order valence-electron chi connectivity index (χ1n) is 6.71. The molecule has 4 nitrogen and oxygen atoms in total. The van der Waals surface area contributed by atoms with Crippen LogP contribution in [0.3, 0.4) is 0 Å². The van der Waals surface area contributed by atoms with E-state index in [1.54, 1.807) is 12.1 Å². The third kappa shape index (κ3) is 6.36. The van der Waals surface area contributed by atoms with Crippen molar-refractivity contribution in [3.8, 4) is 0 Å². The third-order valence-corrected chi connectivity index (χ3v) is 2.69. The molecule has 0 unspecified atom stereocenters. The molecule has 0 bridgehead atoms. The fourth-order valence-corrected chi connectivity index (χ4v) is 1.76. The average Bonchev–Trinajstić information content (AvgIpc) is 2.37. The van der Waals surface area contributed by atoms with Crippen molar-refractivity contribution in [2.75, 3.05) is 26.3 Å². The molecule has 0 fully saturated rings. The van der Waals surface area contributed by atoms with Gasteiger partial charge >= 0.3 is 5.97 Å². The minimum absolute atomic E-state index is 0.389. The molecular formula is C15H23NO3. The summed E-state index contributed by atoms with van der Waals surface area (Å²) < 4.78 is 5.45. The molecule has 0 spiro atoms. The van der Waals surface area contributed by atoms with E-state index < -0.39 is 5.97 Å². The van der Waals surface area contributed by atoms with E-state index in [1.165, 1.54) is 0 Å². The van der Waals surface area contributed by atoms with E-state index in [-0.39, 0.29) is 0 Å². The summed E-state index contributed by atoms with van der Waals surface area (Å²) in [4.78, 5) is 11.0. The first kappa shape index (κ1) is 15.7. The average molecular weight is 265 g/mol. The number of ether oxygens (including phenoxy) is 1. The summed E-state index contributed by atoms with van der Waals surface area (Å²) in [5, 5.41) is 12.3. The quantitative estimate of drug-likeness (QED) is 0.672. The van der Waals surface area contributed by atoms with Crippen molar-refractivity contribution in [3.63, 3.8) is 0 Å². The lowest BCUT2D eigenvalue weighted by molar-refractivity contribution is 0.0695. The molecule has 0 saturated heterocycles. The van der Waals surface area contributed by atoms with E-state index in [1.807, 2.05) is 12.1 Å². The summed E-state index contributed by atoms with van der Waals surface area (Å²) in [5.41, 5.74) is 1.26. The summed E-state index contributed by atoms with van der Waals surface area (Å²) in [6, 6.07) is 7.12. The molecule has 0 aliphatic heterocycles. The highest BCUT2D eigenvalue weighted by Gasteiger charge is 2.07. The fourth-order valence-electron chi connectivity index (χ4n) is 1.76. The summed E-state index contributed by atoms with van der Waals surface area (Å²) >= 11 is 0. The Bertz CT molecular complexity index is 391. The van der Waals surface area contributed by atoms with Gasteiger partial charge in [0, 0.05) is 13.2 Å². The van der Waals surface area contributed by atoms with Crippen molar-refractivity contribution in [3.05, 3.63) is 35.4 Å². The molecule has 0 amide bonds. The molecule has 19 heavy (non-hydrogen) atoms. The molecule has 0 aliphatic carbocycles. The maximum Gasteiger partial charge on any atom is 0.335 e. The molecule has 1 rings (SSSR count). The molecule has 4 heteroatoms. The lowest BCUT2D eigenvalue weighted by Gasteiger charge is -2.09. The monoisotopic (exact) mass is 265 g/mol. The SMILES string of the molecule is CC(C)COCCNCCc1ccccc1C(=O)O. The summed E-state index contributed by atoms with van der Waals surface area (Å²) in [6.45, 7) is 7.27. The number of carboxylic acids is 1. The van der Waals surface area contributed by atoms with Crippen LogP contribution in [0.25, 0.3) is 0 Å². The minimum Gasteiger partial charge on any atom is -0.478 e. The fraction of sp³-hybridized carbons (Fsp3) is 0.533. The third-order valence-electron chi connectivity index (χ3n) is 2.69. The second-order valence-electron chi connectivity index (χ2n) is 4.93. The van der Waals surface area contributed by atoms with Crippen molar-refractivity contribution in [1.82, 2.24) is 5.32 Å². The molecule has 1 aromatic rings. The Kier molecular flexibility index (Phi) is 7.15. The van der Waals surface area contributed by atoms with Gasteiger partial charge in [-0.25, -0.2) is 4.79 Å². The zero-order chi connectivity index (χ0) is 14.1. The van der Waals surface area contributed by atoms with E-state index >= 15 is 0 Å². The molecule has 0 saturated carbocycles. The van der Waals surface area contributed by atoms with Crippen LogP contribution in [0.1, 0.15) is 29.8 Å². The molecule has 0 atom stereocenters. The van der Waals surface area contributed by atoms with Crippen LogP contribution in [-0.2, 0) is 11.2 Å². The Morgan fingerprint density at radius 1 is 1.32 bits per heavy atom. The van der Waals surface area contributed by atoms with Crippen LogP contribution in [0.5, 0.6) is 0 Å². The van der Waals surface area contributed by atoms with Crippen LogP contribution in [0.2, 0.25) is 0 Å². The second-order valence-corrected chi connectivity index (χ2v) is 4.93. The number of rotatable bonds is 9. The van der Waals surface area contributed by atoms with Crippen LogP contribution < -0.4 is 5.32 Å². The Hall–Kier alpha value is -1.39. The highest BCUT2D eigenvalue weighted by Crippen LogP contribution is 2.08. The van der Waals surface area contributed by atoms with Crippen LogP contribution in [0.4, 0.5) is 0 Å². The first-order valence-corrected chi connectivity index (χ1v) is 6.71. The lowest BCUT2D eigenvalue weighted by atomic mass is 10.0. The smallest absolute Gasteiger partial charge is 0.335 e. The van der Waals surface area contributed by atoms with Gasteiger partial charge in [-0.15, -0.1) is 0 Å². The van der Waals surface area contributed by atoms with Crippen LogP contribution >= 0.6 is 0 Å². The van der Waals surface area contributed by atoms with Gasteiger partial charge in [-0.05, 0) is 30.5 Å². The first-order chi connectivity index (χ1) is 9.11. The van der Waals surface area contributed by atoms with E-state index in [9.17, 15) is 4.79 Å². The topological polar surface area (TPSA) is 58.6 Å². The lowest BCUT2D eigenvalue weighted by Crippen LogP contribution is -2.23. The number of hydrogen-bond donors (Lipinski definition) is 2. The molecule has 0 heterocycles. The van der Waals surface area contributed by atoms with Gasteiger partial charge in [0.25, 0.3) is 0 Å². The normalized spacial score (nSPS) is 10.9. The Morgan fingerprint density at radius 2 is 2.05 bits per heavy atom. The van der Waals surface area contributed by atoms with E-state index in [4.69, 9.17) is 9.84 Å². The number of nitrogens with one attached hydrogen (secondary N) is 1. The summed E-state index contributed by atoms with van der Waals surface area (Å²) in [6.07, 6.45) is 0.715. The van der Waals surface area contributed by atoms with Crippen molar-refractivity contribution >= 4 is 5.97 Å². The van der Waals surface area contributed by atoms with Gasteiger partial charge in [-0.2, -0.15) is 0 Å². The number of carbonyl (C=O) groups is 1. The zero-order valence-electron chi connectivity index (χ0n) is 11.7. The van der Waals surface area contributed by atoms with Crippen LogP contribution in [0, 0.1) is 5.92 Å². The second kappa shape index (κ2) is 8.67. The highest BCUT2D eigenvalue weighted by atomic mass is 16.5. The van der Waals surface area contributed by atoms with E-state index in [0.29, 0.717) is 24.5 Å². The molecule has 0 radical (unpaired) electrons. The Labute approximate surface area is 114 Å². The number of benzene rings is 1. The molecule has 0 aromatic heterocycles. The van der Waals surface area contributed by atoms with Crippen molar-refractivity contribution in [2.45, 2.75) is 20.3 Å². The number of carboxylic acid groups (broad SMARTS) is 1. The highest BCUT2D eigenvalue weighted by molar-refractivity contribution is 5.89. The molecule has 2 N–H and O–H groups in total. The van der Waals surface area contributed by atoms with Gasteiger partial charge in [-0.3, -0.25) is 0 Å². The Balaban J connectivity index is 2.21. The number of aromatic carboxylic acids is 1. The van der Waals surface area contributed by atoms with E-state index in [0.717, 1.165) is 25.3 Å². The summed E-state index contributed by atoms with van der Waals surface area (Å²) in [7, 11) is 0. The van der Waals surface area contributed by atoms with Crippen molar-refractivity contribution in [2.24, 2.45) is 5.92 Å². The largest absolute Gasteiger partial charge is 0.478 e. The van der Waals surface area contributed by atoms with Gasteiger partial charge in [0.1, 0.15) is 0 Å². The standard InChI is InChI=1S/C15H23NO3/c1-12(2)11-19-10-9-16-8-7-13-5-3-4-6-14(13)15(17)18/h3-6,12,16H,7-11H2,1-2H3,(H,17,18). The minimum atomic E-state index is -0.865. The Morgan fingerprint density at radius 3 is 2.74 bits per heavy atom. The summed E-state index contributed by atoms with van der Waals surface area (Å²) in [5.74, 6) is -0.307. The van der Waals surface area contributed by atoms with Crippen molar-refractivity contribution < 1.29 is 14.6 Å². The maximum atomic E-state index is 11.0. The zero-order valence-corrected chi connectivity index (χ0v) is 11.7. The predicted molar refractivity (Wildman–Crippen MR) is 75.6 cm³/mol. The van der Waals surface area contributed by atoms with E-state index in [2.05, 4.69) is 19.2 Å². The van der Waals surface area contributed by atoms with Gasteiger partial charge in [0.05, 0.1) is 12.2 Å². The molecule has 0 aliphatic rings. The van der Waals surface area contributed by atoms with Gasteiger partial charge in [0.15, 0.2) is 0 Å². The van der Waals surface area contributed by atoms with Gasteiger partial charge < -0.3 is 15.2 Å². The number of hydrogen-bond acceptors (Lipinski definition) is 3. The van der Waals surface area contributed by atoms with Crippen molar-refractivity contribution in [1.29, 1.82) is 0 Å². The molecule has 106 valence electrons. The maximum absolute atomic E-state index is 11.0.